The number of halogens is 1. The van der Waals surface area contributed by atoms with Crippen molar-refractivity contribution < 1.29 is 5.11 Å². The Hall–Kier alpha value is -0.720. The predicted octanol–water partition coefficient (Wildman–Crippen LogP) is 2.64. The molecule has 3 heterocycles. The Morgan fingerprint density at radius 2 is 2.35 bits per heavy atom. The summed E-state index contributed by atoms with van der Waals surface area (Å²) in [6.07, 6.45) is 3.04. The second-order valence-corrected chi connectivity index (χ2v) is 6.61. The van der Waals surface area contributed by atoms with Crippen LogP contribution in [0.15, 0.2) is 15.9 Å². The van der Waals surface area contributed by atoms with E-state index in [0.717, 1.165) is 39.6 Å². The van der Waals surface area contributed by atoms with Gasteiger partial charge in [-0.3, -0.25) is 0 Å². The third-order valence-electron chi connectivity index (χ3n) is 3.07. The highest BCUT2D eigenvalue weighted by Gasteiger charge is 2.25. The highest BCUT2D eigenvalue weighted by molar-refractivity contribution is 9.11. The van der Waals surface area contributed by atoms with E-state index in [0.29, 0.717) is 0 Å². The monoisotopic (exact) mass is 313 g/mol. The Kier molecular flexibility index (Phi) is 3.02. The van der Waals surface area contributed by atoms with Gasteiger partial charge in [-0.15, -0.1) is 21.5 Å². The molecule has 3 rings (SSSR count). The van der Waals surface area contributed by atoms with E-state index in [2.05, 4.69) is 30.7 Å². The van der Waals surface area contributed by atoms with Crippen LogP contribution in [0, 0.1) is 0 Å². The van der Waals surface area contributed by atoms with Crippen molar-refractivity contribution in [2.24, 2.45) is 0 Å². The zero-order chi connectivity index (χ0) is 11.8. The molecule has 0 spiro atoms. The molecular formula is C11H12BrN3OS. The lowest BCUT2D eigenvalue weighted by molar-refractivity contribution is 0.207. The number of aliphatic hydroxyl groups is 1. The van der Waals surface area contributed by atoms with Gasteiger partial charge in [0.25, 0.3) is 0 Å². The molecule has 4 nitrogen and oxygen atoms in total. The summed E-state index contributed by atoms with van der Waals surface area (Å²) in [5, 5.41) is 18.0. The fourth-order valence-electron chi connectivity index (χ4n) is 2.28. The largest absolute Gasteiger partial charge is 0.394 e. The molecule has 6 heteroatoms. The van der Waals surface area contributed by atoms with Gasteiger partial charge >= 0.3 is 0 Å². The molecule has 1 N–H and O–H groups in total. The van der Waals surface area contributed by atoms with Gasteiger partial charge in [-0.1, -0.05) is 0 Å². The normalized spacial score (nSPS) is 19.3. The Labute approximate surface area is 111 Å². The molecule has 1 atom stereocenters. The van der Waals surface area contributed by atoms with Crippen molar-refractivity contribution in [1.29, 1.82) is 0 Å². The van der Waals surface area contributed by atoms with Gasteiger partial charge in [0.15, 0.2) is 5.82 Å². The number of aromatic nitrogens is 3. The van der Waals surface area contributed by atoms with Crippen LogP contribution in [0.1, 0.15) is 24.7 Å². The summed E-state index contributed by atoms with van der Waals surface area (Å²) in [4.78, 5) is 1.09. The first-order valence-electron chi connectivity index (χ1n) is 5.60. The topological polar surface area (TPSA) is 50.9 Å². The SMILES string of the molecule is OCC1CCCc2nnc(-c3ccc(Br)s3)n21. The van der Waals surface area contributed by atoms with Crippen molar-refractivity contribution in [3.05, 3.63) is 21.7 Å². The average molecular weight is 314 g/mol. The molecule has 0 saturated heterocycles. The van der Waals surface area contributed by atoms with E-state index in [1.54, 1.807) is 11.3 Å². The molecule has 0 aliphatic carbocycles. The molecule has 90 valence electrons. The van der Waals surface area contributed by atoms with E-state index >= 15 is 0 Å². The van der Waals surface area contributed by atoms with Gasteiger partial charge in [0, 0.05) is 6.42 Å². The van der Waals surface area contributed by atoms with Crippen molar-refractivity contribution in [1.82, 2.24) is 14.8 Å². The smallest absolute Gasteiger partial charge is 0.174 e. The minimum Gasteiger partial charge on any atom is -0.394 e. The van der Waals surface area contributed by atoms with E-state index in [4.69, 9.17) is 0 Å². The van der Waals surface area contributed by atoms with E-state index in [1.807, 2.05) is 12.1 Å². The standard InChI is InChI=1S/C11H12BrN3OS/c12-9-5-4-8(17-9)11-14-13-10-3-1-2-7(6-16)15(10)11/h4-5,7,16H,1-3,6H2. The van der Waals surface area contributed by atoms with Gasteiger partial charge in [-0.25, -0.2) is 0 Å². The Balaban J connectivity index is 2.09. The van der Waals surface area contributed by atoms with Crippen LogP contribution in [0.25, 0.3) is 10.7 Å². The molecule has 17 heavy (non-hydrogen) atoms. The van der Waals surface area contributed by atoms with Gasteiger partial charge < -0.3 is 9.67 Å². The number of thiophene rings is 1. The van der Waals surface area contributed by atoms with E-state index in [9.17, 15) is 5.11 Å². The number of hydrogen-bond acceptors (Lipinski definition) is 4. The first-order valence-corrected chi connectivity index (χ1v) is 7.21. The minimum absolute atomic E-state index is 0.129. The lowest BCUT2D eigenvalue weighted by Gasteiger charge is -2.23. The van der Waals surface area contributed by atoms with Gasteiger partial charge in [-0.05, 0) is 40.9 Å². The molecule has 0 aromatic carbocycles. The maximum atomic E-state index is 9.45. The second kappa shape index (κ2) is 4.51. The predicted molar refractivity (Wildman–Crippen MR) is 70.1 cm³/mol. The molecular weight excluding hydrogens is 302 g/mol. The Bertz CT molecular complexity index is 537. The summed E-state index contributed by atoms with van der Waals surface area (Å²) in [5.74, 6) is 1.88. The molecule has 0 radical (unpaired) electrons. The number of hydrogen-bond donors (Lipinski definition) is 1. The molecule has 2 aromatic heterocycles. The number of fused-ring (bicyclic) bond motifs is 1. The lowest BCUT2D eigenvalue weighted by atomic mass is 10.1. The van der Waals surface area contributed by atoms with E-state index in [-0.39, 0.29) is 12.6 Å². The fourth-order valence-corrected chi connectivity index (χ4v) is 3.65. The quantitative estimate of drug-likeness (QED) is 0.927. The molecule has 0 fully saturated rings. The first kappa shape index (κ1) is 11.4. The second-order valence-electron chi connectivity index (χ2n) is 4.14. The van der Waals surface area contributed by atoms with Crippen LogP contribution in [0.2, 0.25) is 0 Å². The lowest BCUT2D eigenvalue weighted by Crippen LogP contribution is -2.21. The maximum Gasteiger partial charge on any atom is 0.174 e. The van der Waals surface area contributed by atoms with Crippen LogP contribution >= 0.6 is 27.3 Å². The summed E-state index contributed by atoms with van der Waals surface area (Å²) in [6, 6.07) is 4.18. The third-order valence-corrected chi connectivity index (χ3v) is 4.69. The highest BCUT2D eigenvalue weighted by atomic mass is 79.9. The van der Waals surface area contributed by atoms with E-state index in [1.165, 1.54) is 0 Å². The Morgan fingerprint density at radius 1 is 1.47 bits per heavy atom. The first-order chi connectivity index (χ1) is 8.29. The molecule has 2 aromatic rings. The van der Waals surface area contributed by atoms with Crippen LogP contribution in [0.4, 0.5) is 0 Å². The fraction of sp³-hybridized carbons (Fsp3) is 0.455. The zero-order valence-electron chi connectivity index (χ0n) is 9.14. The van der Waals surface area contributed by atoms with Crippen LogP contribution in [-0.2, 0) is 6.42 Å². The van der Waals surface area contributed by atoms with Crippen molar-refractivity contribution in [3.8, 4) is 10.7 Å². The third kappa shape index (κ3) is 1.94. The van der Waals surface area contributed by atoms with Gasteiger partial charge in [-0.2, -0.15) is 0 Å². The van der Waals surface area contributed by atoms with Crippen molar-refractivity contribution >= 4 is 27.3 Å². The number of aliphatic hydroxyl groups excluding tert-OH is 1. The molecule has 0 amide bonds. The van der Waals surface area contributed by atoms with Crippen LogP contribution in [0.3, 0.4) is 0 Å². The maximum absolute atomic E-state index is 9.45. The zero-order valence-corrected chi connectivity index (χ0v) is 11.5. The number of aryl methyl sites for hydroxylation is 1. The van der Waals surface area contributed by atoms with Crippen LogP contribution in [0.5, 0.6) is 0 Å². The van der Waals surface area contributed by atoms with Gasteiger partial charge in [0.2, 0.25) is 0 Å². The number of nitrogens with zero attached hydrogens (tertiary/aromatic N) is 3. The highest BCUT2D eigenvalue weighted by Crippen LogP contribution is 2.34. The summed E-state index contributed by atoms with van der Waals surface area (Å²) in [6.45, 7) is 0.157. The molecule has 1 aliphatic heterocycles. The van der Waals surface area contributed by atoms with Crippen LogP contribution in [-0.4, -0.2) is 26.5 Å². The van der Waals surface area contributed by atoms with Crippen molar-refractivity contribution in [3.63, 3.8) is 0 Å². The molecule has 1 aliphatic rings. The summed E-state index contributed by atoms with van der Waals surface area (Å²) >= 11 is 5.10. The molecule has 0 saturated carbocycles. The number of rotatable bonds is 2. The van der Waals surface area contributed by atoms with Gasteiger partial charge in [0.05, 0.1) is 21.3 Å². The van der Waals surface area contributed by atoms with E-state index < -0.39 is 0 Å². The summed E-state index contributed by atoms with van der Waals surface area (Å²) in [5.41, 5.74) is 0. The van der Waals surface area contributed by atoms with Gasteiger partial charge in [0.1, 0.15) is 5.82 Å². The Morgan fingerprint density at radius 3 is 3.06 bits per heavy atom. The average Bonchev–Trinajstić information content (AvgIpc) is 2.94. The summed E-state index contributed by atoms with van der Waals surface area (Å²) < 4.78 is 3.18. The molecule has 0 bridgehead atoms. The van der Waals surface area contributed by atoms with Crippen molar-refractivity contribution in [2.75, 3.05) is 6.61 Å². The van der Waals surface area contributed by atoms with Crippen molar-refractivity contribution in [2.45, 2.75) is 25.3 Å². The minimum atomic E-state index is 0.129. The summed E-state index contributed by atoms with van der Waals surface area (Å²) in [7, 11) is 0. The molecule has 1 unspecified atom stereocenters. The van der Waals surface area contributed by atoms with Crippen LogP contribution < -0.4 is 0 Å².